The number of likely N-dealkylation sites (tertiary alicyclic amines) is 1. The molecular formula is C32H40BrNO2. The third kappa shape index (κ3) is 8.33. The van der Waals surface area contributed by atoms with E-state index in [0.29, 0.717) is 12.5 Å². The molecule has 0 aliphatic carbocycles. The van der Waals surface area contributed by atoms with Crippen molar-refractivity contribution >= 4 is 21.5 Å². The van der Waals surface area contributed by atoms with E-state index in [0.717, 1.165) is 41.7 Å². The average Bonchev–Trinajstić information content (AvgIpc) is 3.30. The molecule has 1 aliphatic rings. The van der Waals surface area contributed by atoms with Crippen LogP contribution in [0.15, 0.2) is 95.0 Å². The highest BCUT2D eigenvalue weighted by molar-refractivity contribution is 9.10. The second-order valence-corrected chi connectivity index (χ2v) is 10.3. The quantitative estimate of drug-likeness (QED) is 0.259. The van der Waals surface area contributed by atoms with Crippen molar-refractivity contribution in [3.8, 4) is 5.75 Å². The number of benzene rings is 2. The Kier molecular flexibility index (Phi) is 11.7. The van der Waals surface area contributed by atoms with E-state index in [9.17, 15) is 5.11 Å². The maximum atomic E-state index is 9.64. The van der Waals surface area contributed by atoms with Crippen molar-refractivity contribution in [1.29, 1.82) is 0 Å². The van der Waals surface area contributed by atoms with E-state index in [2.05, 4.69) is 101 Å². The summed E-state index contributed by atoms with van der Waals surface area (Å²) in [7, 11) is 2.21. The van der Waals surface area contributed by atoms with E-state index in [1.165, 1.54) is 41.7 Å². The number of rotatable bonds is 13. The van der Waals surface area contributed by atoms with Crippen molar-refractivity contribution in [2.75, 3.05) is 26.8 Å². The van der Waals surface area contributed by atoms with Gasteiger partial charge < -0.3 is 14.7 Å². The summed E-state index contributed by atoms with van der Waals surface area (Å²) in [6, 6.07) is 17.7. The molecule has 0 spiro atoms. The topological polar surface area (TPSA) is 32.7 Å². The summed E-state index contributed by atoms with van der Waals surface area (Å²) in [6.07, 6.45) is 14.0. The van der Waals surface area contributed by atoms with Gasteiger partial charge in [-0.25, -0.2) is 0 Å². The third-order valence-corrected chi connectivity index (χ3v) is 7.36. The Balaban J connectivity index is 1.91. The summed E-state index contributed by atoms with van der Waals surface area (Å²) >= 11 is 3.55. The molecule has 1 atom stereocenters. The predicted molar refractivity (Wildman–Crippen MR) is 156 cm³/mol. The van der Waals surface area contributed by atoms with Gasteiger partial charge in [-0.15, -0.1) is 0 Å². The average molecular weight is 551 g/mol. The van der Waals surface area contributed by atoms with Crippen LogP contribution in [0.4, 0.5) is 0 Å². The first-order valence-electron chi connectivity index (χ1n) is 13.0. The van der Waals surface area contributed by atoms with Crippen LogP contribution in [0.3, 0.4) is 0 Å². The molecule has 2 aromatic rings. The first-order valence-corrected chi connectivity index (χ1v) is 13.8. The van der Waals surface area contributed by atoms with Crippen molar-refractivity contribution in [2.45, 2.75) is 51.5 Å². The minimum absolute atomic E-state index is 0.162. The molecule has 1 N–H and O–H groups in total. The zero-order valence-electron chi connectivity index (χ0n) is 21.8. The predicted octanol–water partition coefficient (Wildman–Crippen LogP) is 7.77. The monoisotopic (exact) mass is 549 g/mol. The zero-order chi connectivity index (χ0) is 25.8. The van der Waals surface area contributed by atoms with E-state index >= 15 is 0 Å². The van der Waals surface area contributed by atoms with Crippen LogP contribution in [-0.2, 0) is 6.42 Å². The van der Waals surface area contributed by atoms with Crippen molar-refractivity contribution in [3.63, 3.8) is 0 Å². The Labute approximate surface area is 226 Å². The Bertz CT molecular complexity index is 1050. The minimum atomic E-state index is 0.162. The Hall–Kier alpha value is -2.40. The molecule has 1 heterocycles. The number of hydrogen-bond acceptors (Lipinski definition) is 3. The van der Waals surface area contributed by atoms with Crippen LogP contribution in [0.5, 0.6) is 5.75 Å². The normalized spacial score (nSPS) is 17.4. The Morgan fingerprint density at radius 1 is 1.17 bits per heavy atom. The lowest BCUT2D eigenvalue weighted by atomic mass is 9.87. The number of aliphatic hydroxyl groups is 1. The lowest BCUT2D eigenvalue weighted by molar-refractivity contribution is 0.233. The second kappa shape index (κ2) is 15.0. The number of halogens is 1. The molecule has 192 valence electrons. The lowest BCUT2D eigenvalue weighted by Gasteiger charge is -2.20. The SMILES string of the molecule is C=C/C=C(\C=C/C)C(/CCCO)=C(/Cc1ccc(Br)cc1)c1ccc(OCCC2CCCN2C)cc1. The molecule has 1 fully saturated rings. The largest absolute Gasteiger partial charge is 0.494 e. The number of nitrogens with zero attached hydrogens (tertiary/aromatic N) is 1. The number of ether oxygens (including phenoxy) is 1. The Morgan fingerprint density at radius 2 is 1.92 bits per heavy atom. The van der Waals surface area contributed by atoms with Gasteiger partial charge in [-0.3, -0.25) is 0 Å². The van der Waals surface area contributed by atoms with E-state index in [4.69, 9.17) is 4.74 Å². The van der Waals surface area contributed by atoms with Crippen molar-refractivity contribution in [3.05, 3.63) is 106 Å². The van der Waals surface area contributed by atoms with E-state index in [1.807, 2.05) is 13.0 Å². The van der Waals surface area contributed by atoms with E-state index < -0.39 is 0 Å². The molecule has 0 saturated carbocycles. The highest BCUT2D eigenvalue weighted by atomic mass is 79.9. The first-order chi connectivity index (χ1) is 17.5. The second-order valence-electron chi connectivity index (χ2n) is 9.38. The van der Waals surface area contributed by atoms with Gasteiger partial charge in [-0.05, 0) is 111 Å². The fourth-order valence-electron chi connectivity index (χ4n) is 4.89. The highest BCUT2D eigenvalue weighted by Gasteiger charge is 2.20. The van der Waals surface area contributed by atoms with Crippen molar-refractivity contribution < 1.29 is 9.84 Å². The highest BCUT2D eigenvalue weighted by Crippen LogP contribution is 2.33. The van der Waals surface area contributed by atoms with Gasteiger partial charge in [0.05, 0.1) is 6.61 Å². The zero-order valence-corrected chi connectivity index (χ0v) is 23.3. The fourth-order valence-corrected chi connectivity index (χ4v) is 5.15. The third-order valence-electron chi connectivity index (χ3n) is 6.83. The molecule has 36 heavy (non-hydrogen) atoms. The molecule has 3 rings (SSSR count). The van der Waals surface area contributed by atoms with E-state index in [1.54, 1.807) is 0 Å². The summed E-state index contributed by atoms with van der Waals surface area (Å²) in [5.74, 6) is 0.912. The molecule has 0 radical (unpaired) electrons. The van der Waals surface area contributed by atoms with Crippen LogP contribution in [0.2, 0.25) is 0 Å². The molecular weight excluding hydrogens is 510 g/mol. The van der Waals surface area contributed by atoms with Crippen LogP contribution >= 0.6 is 15.9 Å². The van der Waals surface area contributed by atoms with Gasteiger partial charge in [0.1, 0.15) is 5.75 Å². The summed E-state index contributed by atoms with van der Waals surface area (Å²) in [5, 5.41) is 9.64. The Morgan fingerprint density at radius 3 is 2.53 bits per heavy atom. The molecule has 3 nitrogen and oxygen atoms in total. The van der Waals surface area contributed by atoms with Gasteiger partial charge in [0.25, 0.3) is 0 Å². The summed E-state index contributed by atoms with van der Waals surface area (Å²) in [5.41, 5.74) is 6.05. The maximum absolute atomic E-state index is 9.64. The minimum Gasteiger partial charge on any atom is -0.494 e. The van der Waals surface area contributed by atoms with Gasteiger partial charge in [-0.2, -0.15) is 0 Å². The molecule has 0 aromatic heterocycles. The maximum Gasteiger partial charge on any atom is 0.119 e. The molecule has 1 unspecified atom stereocenters. The van der Waals surface area contributed by atoms with E-state index in [-0.39, 0.29) is 6.61 Å². The number of hydrogen-bond donors (Lipinski definition) is 1. The molecule has 4 heteroatoms. The molecule has 2 aromatic carbocycles. The summed E-state index contributed by atoms with van der Waals surface area (Å²) in [4.78, 5) is 2.44. The van der Waals surface area contributed by atoms with Gasteiger partial charge >= 0.3 is 0 Å². The summed E-state index contributed by atoms with van der Waals surface area (Å²) < 4.78 is 7.19. The number of allylic oxidation sites excluding steroid dienone is 7. The molecule has 0 amide bonds. The van der Waals surface area contributed by atoms with Crippen molar-refractivity contribution in [1.82, 2.24) is 4.90 Å². The van der Waals surface area contributed by atoms with Crippen LogP contribution < -0.4 is 4.74 Å². The van der Waals surface area contributed by atoms with Crippen LogP contribution in [0.1, 0.15) is 50.2 Å². The summed E-state index contributed by atoms with van der Waals surface area (Å²) in [6.45, 7) is 8.07. The van der Waals surface area contributed by atoms with Gasteiger partial charge in [-0.1, -0.05) is 71.1 Å². The van der Waals surface area contributed by atoms with Gasteiger partial charge in [0, 0.05) is 17.1 Å². The fraction of sp³-hybridized carbons (Fsp3) is 0.375. The standard InChI is InChI=1S/C32H40BrNO2/c1-4-8-26(9-5-2)31(11-7-22-35)32(24-25-12-16-28(33)17-13-25)27-14-18-30(19-15-27)36-23-20-29-10-6-21-34(29)3/h4-5,8-9,12-19,29,35H,1,6-7,10-11,20-24H2,2-3H3/b9-5-,26-8+,32-31-. The van der Waals surface area contributed by atoms with Crippen LogP contribution in [0, 0.1) is 0 Å². The smallest absolute Gasteiger partial charge is 0.119 e. The lowest BCUT2D eigenvalue weighted by Crippen LogP contribution is -2.26. The molecule has 0 bridgehead atoms. The molecule has 1 saturated heterocycles. The van der Waals surface area contributed by atoms with Crippen molar-refractivity contribution in [2.24, 2.45) is 0 Å². The first kappa shape index (κ1) is 28.2. The van der Waals surface area contributed by atoms with Gasteiger partial charge in [0.2, 0.25) is 0 Å². The van der Waals surface area contributed by atoms with Crippen LogP contribution in [0.25, 0.3) is 5.57 Å². The van der Waals surface area contributed by atoms with Gasteiger partial charge in [0.15, 0.2) is 0 Å². The molecule has 1 aliphatic heterocycles. The number of aliphatic hydroxyl groups excluding tert-OH is 1. The van der Waals surface area contributed by atoms with Crippen LogP contribution in [-0.4, -0.2) is 42.9 Å².